The molecule has 0 heterocycles. The Morgan fingerprint density at radius 3 is 2.62 bits per heavy atom. The van der Waals surface area contributed by atoms with Gasteiger partial charge >= 0.3 is 6.03 Å². The number of carbonyl (C=O) groups is 1. The second kappa shape index (κ2) is 3.80. The predicted molar refractivity (Wildman–Crippen MR) is 53.7 cm³/mol. The summed E-state index contributed by atoms with van der Waals surface area (Å²) in [6, 6.07) is 7.04. The van der Waals surface area contributed by atoms with Gasteiger partial charge in [-0.3, -0.25) is 4.90 Å². The molecular formula is C9H13N3O. The molecule has 0 bridgehead atoms. The molecule has 0 spiro atoms. The van der Waals surface area contributed by atoms with Crippen molar-refractivity contribution in [3.63, 3.8) is 0 Å². The highest BCUT2D eigenvalue weighted by atomic mass is 16.2. The number of nitrogens with two attached hydrogens (primary N) is 1. The van der Waals surface area contributed by atoms with E-state index in [4.69, 9.17) is 5.73 Å². The maximum atomic E-state index is 11.2. The summed E-state index contributed by atoms with van der Waals surface area (Å²) in [6.45, 7) is 0. The van der Waals surface area contributed by atoms with Gasteiger partial charge in [-0.25, -0.2) is 4.79 Å². The Bertz CT molecular complexity index is 311. The topological polar surface area (TPSA) is 58.4 Å². The van der Waals surface area contributed by atoms with Gasteiger partial charge in [0.2, 0.25) is 0 Å². The van der Waals surface area contributed by atoms with Crippen LogP contribution in [-0.2, 0) is 0 Å². The number of urea groups is 1. The predicted octanol–water partition coefficient (Wildman–Crippen LogP) is 1.04. The van der Waals surface area contributed by atoms with Crippen molar-refractivity contribution in [1.82, 2.24) is 5.32 Å². The monoisotopic (exact) mass is 179 g/mol. The lowest BCUT2D eigenvalue weighted by Gasteiger charge is -2.18. The van der Waals surface area contributed by atoms with Crippen LogP contribution in [0.5, 0.6) is 0 Å². The molecule has 0 radical (unpaired) electrons. The van der Waals surface area contributed by atoms with Gasteiger partial charge in [-0.1, -0.05) is 12.1 Å². The van der Waals surface area contributed by atoms with Crippen molar-refractivity contribution < 1.29 is 4.79 Å². The van der Waals surface area contributed by atoms with E-state index >= 15 is 0 Å². The number of benzene rings is 1. The molecule has 0 unspecified atom stereocenters. The van der Waals surface area contributed by atoms with Crippen molar-refractivity contribution >= 4 is 17.4 Å². The van der Waals surface area contributed by atoms with E-state index in [0.717, 1.165) is 0 Å². The first-order chi connectivity index (χ1) is 6.16. The number of hydrogen-bond donors (Lipinski definition) is 2. The second-order valence-electron chi connectivity index (χ2n) is 2.67. The zero-order valence-electron chi connectivity index (χ0n) is 7.74. The van der Waals surface area contributed by atoms with Crippen LogP contribution in [0.15, 0.2) is 24.3 Å². The third-order valence-corrected chi connectivity index (χ3v) is 1.82. The minimum atomic E-state index is -0.182. The summed E-state index contributed by atoms with van der Waals surface area (Å²) in [4.78, 5) is 12.7. The summed E-state index contributed by atoms with van der Waals surface area (Å²) in [6.07, 6.45) is 0. The van der Waals surface area contributed by atoms with E-state index < -0.39 is 0 Å². The second-order valence-corrected chi connectivity index (χ2v) is 2.67. The fourth-order valence-corrected chi connectivity index (χ4v) is 1.07. The molecule has 0 aliphatic carbocycles. The molecule has 0 atom stereocenters. The van der Waals surface area contributed by atoms with E-state index in [0.29, 0.717) is 11.4 Å². The molecule has 1 aromatic carbocycles. The van der Waals surface area contributed by atoms with Crippen LogP contribution >= 0.6 is 0 Å². The van der Waals surface area contributed by atoms with Crippen LogP contribution in [0.2, 0.25) is 0 Å². The molecule has 0 saturated heterocycles. The van der Waals surface area contributed by atoms with Crippen LogP contribution in [0.1, 0.15) is 0 Å². The maximum Gasteiger partial charge on any atom is 0.321 e. The van der Waals surface area contributed by atoms with Crippen LogP contribution in [0.4, 0.5) is 16.2 Å². The zero-order valence-corrected chi connectivity index (χ0v) is 7.74. The molecular weight excluding hydrogens is 166 g/mol. The minimum Gasteiger partial charge on any atom is -0.397 e. The maximum absolute atomic E-state index is 11.2. The van der Waals surface area contributed by atoms with Crippen molar-refractivity contribution in [1.29, 1.82) is 0 Å². The van der Waals surface area contributed by atoms with E-state index in [1.807, 2.05) is 12.1 Å². The van der Waals surface area contributed by atoms with Crippen molar-refractivity contribution in [3.05, 3.63) is 24.3 Å². The minimum absolute atomic E-state index is 0.182. The first-order valence-corrected chi connectivity index (χ1v) is 3.96. The molecule has 4 heteroatoms. The number of nitrogen functional groups attached to an aromatic ring is 1. The van der Waals surface area contributed by atoms with Crippen LogP contribution in [-0.4, -0.2) is 20.1 Å². The molecule has 2 amide bonds. The van der Waals surface area contributed by atoms with Crippen LogP contribution < -0.4 is 16.0 Å². The summed E-state index contributed by atoms with van der Waals surface area (Å²) in [5.74, 6) is 0. The van der Waals surface area contributed by atoms with E-state index in [2.05, 4.69) is 5.32 Å². The highest BCUT2D eigenvalue weighted by Gasteiger charge is 2.09. The largest absolute Gasteiger partial charge is 0.397 e. The lowest BCUT2D eigenvalue weighted by Crippen LogP contribution is -2.35. The van der Waals surface area contributed by atoms with Gasteiger partial charge in [0.1, 0.15) is 0 Å². The third kappa shape index (κ3) is 1.90. The van der Waals surface area contributed by atoms with Gasteiger partial charge in [-0.15, -0.1) is 0 Å². The molecule has 1 rings (SSSR count). The van der Waals surface area contributed by atoms with Gasteiger partial charge in [0.05, 0.1) is 11.4 Å². The molecule has 0 aliphatic heterocycles. The van der Waals surface area contributed by atoms with Gasteiger partial charge in [0, 0.05) is 14.1 Å². The molecule has 0 aliphatic rings. The van der Waals surface area contributed by atoms with Gasteiger partial charge in [-0.05, 0) is 12.1 Å². The molecule has 0 saturated carbocycles. The molecule has 13 heavy (non-hydrogen) atoms. The molecule has 0 aromatic heterocycles. The summed E-state index contributed by atoms with van der Waals surface area (Å²) >= 11 is 0. The summed E-state index contributed by atoms with van der Waals surface area (Å²) in [5.41, 5.74) is 6.99. The average molecular weight is 179 g/mol. The molecule has 70 valence electrons. The lowest BCUT2D eigenvalue weighted by atomic mass is 10.2. The smallest absolute Gasteiger partial charge is 0.321 e. The summed E-state index contributed by atoms with van der Waals surface area (Å²) < 4.78 is 0. The normalized spacial score (nSPS) is 9.38. The Hall–Kier alpha value is -1.71. The quantitative estimate of drug-likeness (QED) is 0.633. The number of nitrogens with one attached hydrogen (secondary N) is 1. The lowest BCUT2D eigenvalue weighted by molar-refractivity contribution is 0.249. The number of hydrogen-bond acceptors (Lipinski definition) is 2. The van der Waals surface area contributed by atoms with Crippen molar-refractivity contribution in [3.8, 4) is 0 Å². The fraction of sp³-hybridized carbons (Fsp3) is 0.222. The average Bonchev–Trinajstić information content (AvgIpc) is 2.16. The number of nitrogens with zero attached hydrogens (tertiary/aromatic N) is 1. The standard InChI is InChI=1S/C9H13N3O/c1-11-9(13)12(2)8-6-4-3-5-7(8)10/h3-6H,10H2,1-2H3,(H,11,13). The van der Waals surface area contributed by atoms with Crippen LogP contribution in [0.25, 0.3) is 0 Å². The number of carbonyl (C=O) groups excluding carboxylic acids is 1. The Balaban J connectivity index is 2.95. The van der Waals surface area contributed by atoms with Gasteiger partial charge in [0.15, 0.2) is 0 Å². The number of anilines is 2. The van der Waals surface area contributed by atoms with Crippen molar-refractivity contribution in [2.75, 3.05) is 24.7 Å². The molecule has 4 nitrogen and oxygen atoms in total. The van der Waals surface area contributed by atoms with Crippen LogP contribution in [0.3, 0.4) is 0 Å². The van der Waals surface area contributed by atoms with E-state index in [1.54, 1.807) is 26.2 Å². The number of rotatable bonds is 1. The highest BCUT2D eigenvalue weighted by Crippen LogP contribution is 2.20. The first kappa shape index (κ1) is 9.38. The first-order valence-electron chi connectivity index (χ1n) is 3.96. The Kier molecular flexibility index (Phi) is 2.74. The third-order valence-electron chi connectivity index (χ3n) is 1.82. The fourth-order valence-electron chi connectivity index (χ4n) is 1.07. The Morgan fingerprint density at radius 2 is 2.08 bits per heavy atom. The van der Waals surface area contributed by atoms with E-state index in [-0.39, 0.29) is 6.03 Å². The van der Waals surface area contributed by atoms with Gasteiger partial charge in [0.25, 0.3) is 0 Å². The van der Waals surface area contributed by atoms with Crippen molar-refractivity contribution in [2.24, 2.45) is 0 Å². The number of amides is 2. The highest BCUT2D eigenvalue weighted by molar-refractivity contribution is 5.94. The van der Waals surface area contributed by atoms with Gasteiger partial charge < -0.3 is 11.1 Å². The Morgan fingerprint density at radius 1 is 1.46 bits per heavy atom. The summed E-state index contributed by atoms with van der Waals surface area (Å²) in [7, 11) is 3.25. The van der Waals surface area contributed by atoms with E-state index in [1.165, 1.54) is 4.90 Å². The molecule has 3 N–H and O–H groups in total. The van der Waals surface area contributed by atoms with Crippen molar-refractivity contribution in [2.45, 2.75) is 0 Å². The number of para-hydroxylation sites is 2. The SMILES string of the molecule is CNC(=O)N(C)c1ccccc1N. The molecule has 1 aromatic rings. The zero-order chi connectivity index (χ0) is 9.84. The molecule has 0 fully saturated rings. The Labute approximate surface area is 77.3 Å². The van der Waals surface area contributed by atoms with Gasteiger partial charge in [-0.2, -0.15) is 0 Å². The summed E-state index contributed by atoms with van der Waals surface area (Å²) in [5, 5.41) is 2.52. The van der Waals surface area contributed by atoms with Crippen LogP contribution in [0, 0.1) is 0 Å². The van der Waals surface area contributed by atoms with E-state index in [9.17, 15) is 4.79 Å².